The van der Waals surface area contributed by atoms with E-state index in [-0.39, 0.29) is 5.78 Å². The highest BCUT2D eigenvalue weighted by Crippen LogP contribution is 2.33. The van der Waals surface area contributed by atoms with Gasteiger partial charge in [-0.05, 0) is 77.9 Å². The van der Waals surface area contributed by atoms with Gasteiger partial charge in [-0.1, -0.05) is 61.5 Å². The van der Waals surface area contributed by atoms with Crippen LogP contribution in [0.25, 0.3) is 11.1 Å². The van der Waals surface area contributed by atoms with E-state index in [1.165, 1.54) is 25.7 Å². The van der Waals surface area contributed by atoms with Crippen LogP contribution in [0.3, 0.4) is 0 Å². The van der Waals surface area contributed by atoms with Gasteiger partial charge < -0.3 is 9.47 Å². The number of benzene rings is 3. The van der Waals surface area contributed by atoms with E-state index in [2.05, 4.69) is 0 Å². The van der Waals surface area contributed by atoms with Crippen LogP contribution in [0.1, 0.15) is 59.2 Å². The van der Waals surface area contributed by atoms with Gasteiger partial charge in [-0.3, -0.25) is 9.59 Å². The summed E-state index contributed by atoms with van der Waals surface area (Å²) in [5.74, 6) is 1.89. The van der Waals surface area contributed by atoms with Gasteiger partial charge >= 0.3 is 0 Å². The van der Waals surface area contributed by atoms with Gasteiger partial charge in [0.25, 0.3) is 6.47 Å². The maximum absolute atomic E-state index is 12.8. The van der Waals surface area contributed by atoms with Crippen molar-refractivity contribution < 1.29 is 19.1 Å². The standard InChI is InChI=1S/C29H29ClO4/c1-19-20(2)28(13-11-25(19)27(32)15-21-6-3-4-7-21)33-17-22-8-5-9-23(14-22)24-10-12-26(30)29(16-24)34-18-31/h5,8-14,16,18,21H,3-4,6-7,15,17H2,1-2H3. The molecule has 1 fully saturated rings. The molecule has 176 valence electrons. The van der Waals surface area contributed by atoms with Gasteiger partial charge in [0, 0.05) is 12.0 Å². The van der Waals surface area contributed by atoms with Crippen molar-refractivity contribution in [2.75, 3.05) is 0 Å². The Hall–Kier alpha value is -3.11. The van der Waals surface area contributed by atoms with E-state index in [4.69, 9.17) is 21.1 Å². The predicted octanol–water partition coefficient (Wildman–Crippen LogP) is 7.50. The molecule has 5 heteroatoms. The van der Waals surface area contributed by atoms with Crippen molar-refractivity contribution in [3.8, 4) is 22.6 Å². The Kier molecular flexibility index (Phi) is 7.69. The number of carbonyl (C=O) groups excluding carboxylic acids is 2. The van der Waals surface area contributed by atoms with E-state index < -0.39 is 0 Å². The molecule has 0 atom stereocenters. The molecular weight excluding hydrogens is 448 g/mol. The lowest BCUT2D eigenvalue weighted by atomic mass is 9.92. The summed E-state index contributed by atoms with van der Waals surface area (Å²) in [5, 5.41) is 0.381. The summed E-state index contributed by atoms with van der Waals surface area (Å²) in [7, 11) is 0. The van der Waals surface area contributed by atoms with E-state index in [0.29, 0.717) is 36.2 Å². The predicted molar refractivity (Wildman–Crippen MR) is 135 cm³/mol. The molecule has 0 bridgehead atoms. The molecule has 1 aliphatic carbocycles. The molecule has 0 unspecified atom stereocenters. The third-order valence-corrected chi connectivity index (χ3v) is 7.06. The fourth-order valence-corrected chi connectivity index (χ4v) is 4.83. The maximum Gasteiger partial charge on any atom is 0.298 e. The van der Waals surface area contributed by atoms with Gasteiger partial charge in [0.1, 0.15) is 18.1 Å². The number of halogens is 1. The Balaban J connectivity index is 1.46. The first-order valence-electron chi connectivity index (χ1n) is 11.7. The molecule has 0 saturated heterocycles. The molecule has 0 N–H and O–H groups in total. The molecule has 1 saturated carbocycles. The summed E-state index contributed by atoms with van der Waals surface area (Å²) in [5.41, 5.74) is 5.67. The van der Waals surface area contributed by atoms with Crippen LogP contribution in [0.4, 0.5) is 0 Å². The molecule has 0 aromatic heterocycles. The Bertz CT molecular complexity index is 1190. The Morgan fingerprint density at radius 1 is 0.971 bits per heavy atom. The van der Waals surface area contributed by atoms with Gasteiger partial charge in [0.2, 0.25) is 0 Å². The van der Waals surface area contributed by atoms with Crippen molar-refractivity contribution in [1.82, 2.24) is 0 Å². The molecule has 0 aliphatic heterocycles. The molecule has 3 aromatic rings. The van der Waals surface area contributed by atoms with Crippen molar-refractivity contribution in [1.29, 1.82) is 0 Å². The van der Waals surface area contributed by atoms with E-state index in [1.807, 2.05) is 56.3 Å². The number of hydrogen-bond acceptors (Lipinski definition) is 4. The van der Waals surface area contributed by atoms with Crippen molar-refractivity contribution in [2.45, 2.75) is 52.6 Å². The third-order valence-electron chi connectivity index (χ3n) is 6.75. The largest absolute Gasteiger partial charge is 0.489 e. The van der Waals surface area contributed by atoms with E-state index in [9.17, 15) is 9.59 Å². The second-order valence-corrected chi connectivity index (χ2v) is 9.39. The highest BCUT2D eigenvalue weighted by atomic mass is 35.5. The quantitative estimate of drug-likeness (QED) is 0.237. The van der Waals surface area contributed by atoms with Crippen LogP contribution in [-0.4, -0.2) is 12.3 Å². The molecular formula is C29H29ClO4. The van der Waals surface area contributed by atoms with Crippen molar-refractivity contribution in [3.63, 3.8) is 0 Å². The molecule has 0 heterocycles. The van der Waals surface area contributed by atoms with E-state index >= 15 is 0 Å². The molecule has 0 radical (unpaired) electrons. The second-order valence-electron chi connectivity index (χ2n) is 8.99. The van der Waals surface area contributed by atoms with Gasteiger partial charge in [0.15, 0.2) is 5.78 Å². The van der Waals surface area contributed by atoms with Crippen LogP contribution >= 0.6 is 11.6 Å². The summed E-state index contributed by atoms with van der Waals surface area (Å²) in [6.07, 6.45) is 5.49. The van der Waals surface area contributed by atoms with Crippen molar-refractivity contribution in [3.05, 3.63) is 81.9 Å². The van der Waals surface area contributed by atoms with Gasteiger partial charge in [-0.25, -0.2) is 0 Å². The normalized spacial score (nSPS) is 13.6. The highest BCUT2D eigenvalue weighted by Gasteiger charge is 2.21. The minimum Gasteiger partial charge on any atom is -0.489 e. The number of hydrogen-bond donors (Lipinski definition) is 0. The van der Waals surface area contributed by atoms with Gasteiger partial charge in [-0.15, -0.1) is 0 Å². The third kappa shape index (κ3) is 5.51. The second kappa shape index (κ2) is 10.9. The lowest BCUT2D eigenvalue weighted by Crippen LogP contribution is -2.09. The fraction of sp³-hybridized carbons (Fsp3) is 0.310. The number of carbonyl (C=O) groups is 2. The van der Waals surface area contributed by atoms with E-state index in [0.717, 1.165) is 39.1 Å². The average molecular weight is 477 g/mol. The number of ketones is 1. The topological polar surface area (TPSA) is 52.6 Å². The summed E-state index contributed by atoms with van der Waals surface area (Å²) in [6, 6.07) is 17.1. The van der Waals surface area contributed by atoms with Crippen LogP contribution in [-0.2, 0) is 11.4 Å². The van der Waals surface area contributed by atoms with Crippen LogP contribution in [0.15, 0.2) is 54.6 Å². The van der Waals surface area contributed by atoms with Crippen LogP contribution < -0.4 is 9.47 Å². The fourth-order valence-electron chi connectivity index (χ4n) is 4.67. The molecule has 0 amide bonds. The lowest BCUT2D eigenvalue weighted by molar-refractivity contribution is -0.120. The smallest absolute Gasteiger partial charge is 0.298 e. The van der Waals surface area contributed by atoms with Gasteiger partial charge in [-0.2, -0.15) is 0 Å². The lowest BCUT2D eigenvalue weighted by Gasteiger charge is -2.16. The summed E-state index contributed by atoms with van der Waals surface area (Å²) < 4.78 is 11.1. The number of rotatable bonds is 9. The zero-order valence-corrected chi connectivity index (χ0v) is 20.4. The average Bonchev–Trinajstić information content (AvgIpc) is 3.35. The van der Waals surface area contributed by atoms with Crippen molar-refractivity contribution in [2.24, 2.45) is 5.92 Å². The zero-order chi connectivity index (χ0) is 24.1. The Morgan fingerprint density at radius 2 is 1.74 bits per heavy atom. The first-order chi connectivity index (χ1) is 16.5. The highest BCUT2D eigenvalue weighted by molar-refractivity contribution is 6.32. The van der Waals surface area contributed by atoms with Crippen LogP contribution in [0.2, 0.25) is 5.02 Å². The van der Waals surface area contributed by atoms with Gasteiger partial charge in [0.05, 0.1) is 5.02 Å². The Labute approximate surface area is 205 Å². The summed E-state index contributed by atoms with van der Waals surface area (Å²) in [6.45, 7) is 4.78. The Morgan fingerprint density at radius 3 is 2.50 bits per heavy atom. The molecule has 0 spiro atoms. The summed E-state index contributed by atoms with van der Waals surface area (Å²) in [4.78, 5) is 23.6. The maximum atomic E-state index is 12.8. The monoisotopic (exact) mass is 476 g/mol. The van der Waals surface area contributed by atoms with E-state index in [1.54, 1.807) is 12.1 Å². The molecule has 1 aliphatic rings. The SMILES string of the molecule is Cc1c(OCc2cccc(-c3ccc(Cl)c(OC=O)c3)c2)ccc(C(=O)CC2CCCC2)c1C. The zero-order valence-electron chi connectivity index (χ0n) is 19.6. The molecule has 34 heavy (non-hydrogen) atoms. The minimum absolute atomic E-state index is 0.243. The summed E-state index contributed by atoms with van der Waals surface area (Å²) >= 11 is 6.09. The molecule has 4 nitrogen and oxygen atoms in total. The van der Waals surface area contributed by atoms with Crippen LogP contribution in [0.5, 0.6) is 11.5 Å². The molecule has 4 rings (SSSR count). The first kappa shape index (κ1) is 24.0. The van der Waals surface area contributed by atoms with Crippen LogP contribution in [0, 0.1) is 19.8 Å². The first-order valence-corrected chi connectivity index (χ1v) is 12.1. The number of ether oxygens (including phenoxy) is 2. The van der Waals surface area contributed by atoms with Crippen molar-refractivity contribution >= 4 is 23.9 Å². The number of Topliss-reactive ketones (excluding diaryl/α,β-unsaturated/α-hetero) is 1. The minimum atomic E-state index is 0.243. The molecule has 3 aromatic carbocycles.